The number of aromatic hydroxyl groups is 2. The Labute approximate surface area is 186 Å². The van der Waals surface area contributed by atoms with E-state index in [1.165, 1.54) is 36.4 Å². The van der Waals surface area contributed by atoms with Crippen molar-refractivity contribution >= 4 is 56.5 Å². The Balaban J connectivity index is 2.63. The lowest BCUT2D eigenvalue weighted by atomic mass is 9.83. The average Bonchev–Trinajstić information content (AvgIpc) is 2.62. The van der Waals surface area contributed by atoms with Gasteiger partial charge in [0, 0.05) is 21.2 Å². The molecule has 3 aromatic carbocycles. The molecule has 3 N–H and O–H groups in total. The maximum Gasteiger partial charge on any atom is 0.283 e. The number of benzene rings is 3. The summed E-state index contributed by atoms with van der Waals surface area (Å²) in [5.74, 6) is -1.11. The van der Waals surface area contributed by atoms with E-state index in [1.807, 2.05) is 0 Å². The van der Waals surface area contributed by atoms with Gasteiger partial charge >= 0.3 is 0 Å². The van der Waals surface area contributed by atoms with E-state index < -0.39 is 26.4 Å². The highest BCUT2D eigenvalue weighted by Gasteiger charge is 2.51. The van der Waals surface area contributed by atoms with Gasteiger partial charge in [-0.05, 0) is 35.9 Å². The summed E-state index contributed by atoms with van der Waals surface area (Å²) in [6, 6.07) is 11.7. The van der Waals surface area contributed by atoms with Crippen LogP contribution in [0.1, 0.15) is 16.7 Å². The largest absolute Gasteiger partial charge is 0.504 e. The predicted molar refractivity (Wildman–Crippen MR) is 114 cm³/mol. The van der Waals surface area contributed by atoms with Gasteiger partial charge in [-0.25, -0.2) is 0 Å². The van der Waals surface area contributed by atoms with Crippen LogP contribution in [0.25, 0.3) is 0 Å². The van der Waals surface area contributed by atoms with Crippen LogP contribution in [0, 0.1) is 0 Å². The molecule has 3 aromatic rings. The van der Waals surface area contributed by atoms with Gasteiger partial charge in [-0.15, -0.1) is 0 Å². The highest BCUT2D eigenvalue weighted by molar-refractivity contribution is 7.87. The number of hydrogen-bond acceptors (Lipinski definition) is 4. The highest BCUT2D eigenvalue weighted by atomic mass is 35.5. The Morgan fingerprint density at radius 1 is 0.759 bits per heavy atom. The lowest BCUT2D eigenvalue weighted by molar-refractivity contribution is 0.402. The second-order valence-electron chi connectivity index (χ2n) is 6.09. The van der Waals surface area contributed by atoms with E-state index >= 15 is 0 Å². The van der Waals surface area contributed by atoms with E-state index in [0.29, 0.717) is 0 Å². The maximum absolute atomic E-state index is 13.0. The molecule has 0 aromatic heterocycles. The first-order valence-electron chi connectivity index (χ1n) is 7.89. The summed E-state index contributed by atoms with van der Waals surface area (Å²) < 4.78 is 34.1. The summed E-state index contributed by atoms with van der Waals surface area (Å²) >= 11 is 24.9. The van der Waals surface area contributed by atoms with Gasteiger partial charge in [0.2, 0.25) is 0 Å². The summed E-state index contributed by atoms with van der Waals surface area (Å²) in [6.07, 6.45) is 0. The Bertz CT molecular complexity index is 1210. The van der Waals surface area contributed by atoms with Crippen LogP contribution in [-0.2, 0) is 14.9 Å². The summed E-state index contributed by atoms with van der Waals surface area (Å²) in [5.41, 5.74) is -0.393. The fourth-order valence-corrected chi connectivity index (χ4v) is 5.64. The molecular weight excluding hydrogens is 482 g/mol. The molecule has 0 aliphatic heterocycles. The molecule has 3 rings (SSSR count). The van der Waals surface area contributed by atoms with Crippen LogP contribution in [0.5, 0.6) is 11.5 Å². The van der Waals surface area contributed by atoms with Crippen LogP contribution in [0.2, 0.25) is 20.1 Å². The Kier molecular flexibility index (Phi) is 5.98. The molecule has 0 aliphatic rings. The molecule has 152 valence electrons. The van der Waals surface area contributed by atoms with Crippen molar-refractivity contribution in [3.8, 4) is 11.5 Å². The molecule has 0 bridgehead atoms. The van der Waals surface area contributed by atoms with Crippen LogP contribution in [0.3, 0.4) is 0 Å². The third-order valence-electron chi connectivity index (χ3n) is 4.39. The lowest BCUT2D eigenvalue weighted by Crippen LogP contribution is -2.39. The first kappa shape index (κ1) is 22.0. The van der Waals surface area contributed by atoms with Crippen molar-refractivity contribution in [2.75, 3.05) is 0 Å². The summed E-state index contributed by atoms with van der Waals surface area (Å²) in [6.45, 7) is 0. The van der Waals surface area contributed by atoms with Crippen molar-refractivity contribution in [2.45, 2.75) is 4.75 Å². The van der Waals surface area contributed by atoms with E-state index in [-0.39, 0.29) is 36.8 Å². The lowest BCUT2D eigenvalue weighted by Gasteiger charge is -2.34. The van der Waals surface area contributed by atoms with Crippen LogP contribution in [-0.4, -0.2) is 23.2 Å². The number of hydrogen-bond donors (Lipinski definition) is 3. The van der Waals surface area contributed by atoms with E-state index in [0.717, 1.165) is 12.1 Å². The number of phenolic OH excluding ortho intramolecular Hbond substituents is 2. The number of phenols is 2. The fourth-order valence-electron chi connectivity index (χ4n) is 3.18. The van der Waals surface area contributed by atoms with E-state index in [1.54, 1.807) is 6.07 Å². The minimum Gasteiger partial charge on any atom is -0.504 e. The highest BCUT2D eigenvalue weighted by Crippen LogP contribution is 2.51. The Morgan fingerprint density at radius 3 is 2.00 bits per heavy atom. The van der Waals surface area contributed by atoms with Crippen LogP contribution in [0.4, 0.5) is 0 Å². The smallest absolute Gasteiger partial charge is 0.283 e. The summed E-state index contributed by atoms with van der Waals surface area (Å²) in [5, 5.41) is 19.5. The molecule has 5 nitrogen and oxygen atoms in total. The standard InChI is InChI=1S/C19H12Cl4O5S/c20-11-8-13(18(23)15(22)9-11)19(29(26,27)28,12-3-1-2-4-14(12)21)10-5-6-16(24)17(25)7-10/h1-9,24-25H,(H,26,27,28). The summed E-state index contributed by atoms with van der Waals surface area (Å²) in [7, 11) is -5.07. The molecule has 0 spiro atoms. The van der Waals surface area contributed by atoms with Crippen molar-refractivity contribution in [2.24, 2.45) is 0 Å². The summed E-state index contributed by atoms with van der Waals surface area (Å²) in [4.78, 5) is 0. The van der Waals surface area contributed by atoms with Gasteiger partial charge in [0.05, 0.1) is 10.0 Å². The maximum atomic E-state index is 13.0. The van der Waals surface area contributed by atoms with Crippen LogP contribution < -0.4 is 0 Å². The molecule has 0 aliphatic carbocycles. The molecule has 0 fully saturated rings. The second-order valence-corrected chi connectivity index (χ2v) is 9.28. The first-order valence-corrected chi connectivity index (χ1v) is 10.8. The van der Waals surface area contributed by atoms with Gasteiger partial charge in [-0.3, -0.25) is 4.55 Å². The van der Waals surface area contributed by atoms with Gasteiger partial charge < -0.3 is 10.2 Å². The number of rotatable bonds is 4. The van der Waals surface area contributed by atoms with Gasteiger partial charge in [-0.2, -0.15) is 8.42 Å². The molecule has 0 amide bonds. The minimum atomic E-state index is -5.07. The third-order valence-corrected chi connectivity index (χ3v) is 7.19. The minimum absolute atomic E-state index is 0.00939. The van der Waals surface area contributed by atoms with E-state index in [4.69, 9.17) is 46.4 Å². The van der Waals surface area contributed by atoms with Crippen molar-refractivity contribution in [3.63, 3.8) is 0 Å². The monoisotopic (exact) mass is 492 g/mol. The SMILES string of the molecule is O=S(=O)(O)C(c1ccc(O)c(O)c1)(c1ccccc1Cl)c1cc(Cl)cc(Cl)c1Cl. The predicted octanol–water partition coefficient (Wildman–Crippen LogP) is 5.89. The molecule has 0 heterocycles. The molecule has 0 saturated carbocycles. The second kappa shape index (κ2) is 7.87. The van der Waals surface area contributed by atoms with Gasteiger partial charge in [0.15, 0.2) is 16.2 Å². The van der Waals surface area contributed by atoms with Crippen molar-refractivity contribution in [3.05, 3.63) is 91.4 Å². The fraction of sp³-hybridized carbons (Fsp3) is 0.0526. The molecular formula is C19H12Cl4O5S. The van der Waals surface area contributed by atoms with E-state index in [9.17, 15) is 23.2 Å². The third kappa shape index (κ3) is 3.65. The first-order chi connectivity index (χ1) is 13.5. The molecule has 0 saturated heterocycles. The zero-order valence-electron chi connectivity index (χ0n) is 14.3. The molecule has 10 heteroatoms. The van der Waals surface area contributed by atoms with Crippen LogP contribution in [0.15, 0.2) is 54.6 Å². The quantitative estimate of drug-likeness (QED) is 0.182. The molecule has 29 heavy (non-hydrogen) atoms. The van der Waals surface area contributed by atoms with Crippen LogP contribution >= 0.6 is 46.4 Å². The van der Waals surface area contributed by atoms with Crippen molar-refractivity contribution in [1.82, 2.24) is 0 Å². The van der Waals surface area contributed by atoms with Gasteiger partial charge in [0.25, 0.3) is 10.1 Å². The van der Waals surface area contributed by atoms with Gasteiger partial charge in [-0.1, -0.05) is 70.7 Å². The molecule has 0 radical (unpaired) electrons. The molecule has 1 atom stereocenters. The van der Waals surface area contributed by atoms with E-state index in [2.05, 4.69) is 0 Å². The molecule has 1 unspecified atom stereocenters. The topological polar surface area (TPSA) is 94.8 Å². The Morgan fingerprint density at radius 2 is 1.41 bits per heavy atom. The Hall–Kier alpha value is -1.67. The number of halogens is 4. The average molecular weight is 494 g/mol. The van der Waals surface area contributed by atoms with Gasteiger partial charge in [0.1, 0.15) is 0 Å². The van der Waals surface area contributed by atoms with Crippen molar-refractivity contribution < 1.29 is 23.2 Å². The zero-order chi connectivity index (χ0) is 21.6. The zero-order valence-corrected chi connectivity index (χ0v) is 18.1. The normalized spacial score (nSPS) is 13.8. The van der Waals surface area contributed by atoms with Crippen molar-refractivity contribution in [1.29, 1.82) is 0 Å².